The Morgan fingerprint density at radius 3 is 2.55 bits per heavy atom. The van der Waals surface area contributed by atoms with Crippen molar-refractivity contribution >= 4 is 9.76 Å². The van der Waals surface area contributed by atoms with Gasteiger partial charge in [0.15, 0.2) is 9.76 Å². The molecule has 68 valence electrons. The van der Waals surface area contributed by atoms with Crippen LogP contribution in [0.2, 0.25) is 0 Å². The smallest absolute Gasteiger partial charge is 0.186 e. The van der Waals surface area contributed by atoms with Gasteiger partial charge in [-0.2, -0.15) is 0 Å². The fourth-order valence-corrected chi connectivity index (χ4v) is 1.62. The Morgan fingerprint density at radius 1 is 1.45 bits per heavy atom. The van der Waals surface area contributed by atoms with Crippen LogP contribution in [0, 0.1) is 0 Å². The molecular formula is C7H19NO2Si. The lowest BCUT2D eigenvalue weighted by atomic mass is 10.1. The van der Waals surface area contributed by atoms with Gasteiger partial charge < -0.3 is 14.9 Å². The lowest BCUT2D eigenvalue weighted by Crippen LogP contribution is -2.35. The summed E-state index contributed by atoms with van der Waals surface area (Å²) in [5, 5.41) is 0. The zero-order valence-corrected chi connectivity index (χ0v) is 9.14. The van der Waals surface area contributed by atoms with Crippen LogP contribution in [0.15, 0.2) is 0 Å². The maximum absolute atomic E-state index is 5.49. The first-order chi connectivity index (χ1) is 5.12. The minimum Gasteiger partial charge on any atom is -0.422 e. The number of nitrogens with two attached hydrogens (primary N) is 1. The molecule has 3 nitrogen and oxygen atoms in total. The SMILES string of the molecule is CCO[SiH2]COC(C)(C)CN. The first-order valence-corrected chi connectivity index (χ1v) is 5.62. The summed E-state index contributed by atoms with van der Waals surface area (Å²) in [6, 6.07) is 0. The Labute approximate surface area is 71.2 Å². The molecule has 0 aromatic rings. The molecule has 0 saturated carbocycles. The predicted molar refractivity (Wildman–Crippen MR) is 49.3 cm³/mol. The molecule has 0 aromatic carbocycles. The van der Waals surface area contributed by atoms with Crippen LogP contribution < -0.4 is 5.73 Å². The summed E-state index contributed by atoms with van der Waals surface area (Å²) in [6.45, 7) is 7.36. The van der Waals surface area contributed by atoms with Crippen molar-refractivity contribution in [2.45, 2.75) is 26.4 Å². The summed E-state index contributed by atoms with van der Waals surface area (Å²) in [4.78, 5) is 0. The van der Waals surface area contributed by atoms with Gasteiger partial charge in [-0.3, -0.25) is 0 Å². The van der Waals surface area contributed by atoms with E-state index in [0.29, 0.717) is 6.54 Å². The molecule has 0 radical (unpaired) electrons. The van der Waals surface area contributed by atoms with Gasteiger partial charge in [0.25, 0.3) is 0 Å². The van der Waals surface area contributed by atoms with E-state index in [0.717, 1.165) is 12.8 Å². The summed E-state index contributed by atoms with van der Waals surface area (Å²) < 4.78 is 10.7. The second-order valence-electron chi connectivity index (χ2n) is 3.01. The van der Waals surface area contributed by atoms with E-state index in [-0.39, 0.29) is 5.60 Å². The normalized spacial score (nSPS) is 13.1. The third kappa shape index (κ3) is 6.49. The van der Waals surface area contributed by atoms with Crippen molar-refractivity contribution in [3.63, 3.8) is 0 Å². The van der Waals surface area contributed by atoms with Gasteiger partial charge in [0.1, 0.15) is 0 Å². The van der Waals surface area contributed by atoms with Crippen molar-refractivity contribution in [2.75, 3.05) is 19.4 Å². The van der Waals surface area contributed by atoms with Crippen LogP contribution in [-0.4, -0.2) is 34.7 Å². The molecule has 0 heterocycles. The van der Waals surface area contributed by atoms with Crippen molar-refractivity contribution in [3.05, 3.63) is 0 Å². The first kappa shape index (κ1) is 11.1. The van der Waals surface area contributed by atoms with Gasteiger partial charge in [-0.15, -0.1) is 0 Å². The molecule has 0 atom stereocenters. The fourth-order valence-electron chi connectivity index (χ4n) is 0.580. The third-order valence-corrected chi connectivity index (χ3v) is 2.48. The van der Waals surface area contributed by atoms with Crippen LogP contribution >= 0.6 is 0 Å². The Kier molecular flexibility index (Phi) is 5.76. The van der Waals surface area contributed by atoms with Crippen molar-refractivity contribution in [1.29, 1.82) is 0 Å². The highest BCUT2D eigenvalue weighted by Crippen LogP contribution is 2.04. The Balaban J connectivity index is 3.23. The molecule has 0 fully saturated rings. The zero-order valence-electron chi connectivity index (χ0n) is 7.72. The monoisotopic (exact) mass is 177 g/mol. The lowest BCUT2D eigenvalue weighted by Gasteiger charge is -2.22. The highest BCUT2D eigenvalue weighted by Gasteiger charge is 2.14. The second-order valence-corrected chi connectivity index (χ2v) is 4.23. The van der Waals surface area contributed by atoms with E-state index in [1.165, 1.54) is 0 Å². The predicted octanol–water partition coefficient (Wildman–Crippen LogP) is -0.182. The molecule has 0 saturated heterocycles. The van der Waals surface area contributed by atoms with Crippen molar-refractivity contribution in [1.82, 2.24) is 0 Å². The molecule has 0 aliphatic rings. The summed E-state index contributed by atoms with van der Waals surface area (Å²) in [5.74, 6) is 0. The number of hydrogen-bond donors (Lipinski definition) is 1. The van der Waals surface area contributed by atoms with Crippen LogP contribution in [0.5, 0.6) is 0 Å². The molecule has 0 rings (SSSR count). The maximum atomic E-state index is 5.49. The Morgan fingerprint density at radius 2 is 2.09 bits per heavy atom. The van der Waals surface area contributed by atoms with Gasteiger partial charge in [0, 0.05) is 13.2 Å². The Hall–Kier alpha value is 0.0969. The fraction of sp³-hybridized carbons (Fsp3) is 1.00. The van der Waals surface area contributed by atoms with Gasteiger partial charge in [0.2, 0.25) is 0 Å². The summed E-state index contributed by atoms with van der Waals surface area (Å²) in [7, 11) is -0.456. The zero-order chi connectivity index (χ0) is 8.74. The van der Waals surface area contributed by atoms with Gasteiger partial charge in [-0.25, -0.2) is 0 Å². The molecule has 4 heteroatoms. The van der Waals surface area contributed by atoms with E-state index < -0.39 is 9.76 Å². The minimum absolute atomic E-state index is 0.176. The molecule has 0 bridgehead atoms. The summed E-state index contributed by atoms with van der Waals surface area (Å²) in [5.41, 5.74) is 5.29. The summed E-state index contributed by atoms with van der Waals surface area (Å²) >= 11 is 0. The number of ether oxygens (including phenoxy) is 1. The van der Waals surface area contributed by atoms with Crippen LogP contribution in [0.4, 0.5) is 0 Å². The van der Waals surface area contributed by atoms with E-state index in [9.17, 15) is 0 Å². The molecule has 0 unspecified atom stereocenters. The quantitative estimate of drug-likeness (QED) is 0.452. The standard InChI is InChI=1S/C7H19NO2Si/c1-4-10-11-6-9-7(2,3)5-8/h4-6,8,11H2,1-3H3. The highest BCUT2D eigenvalue weighted by molar-refractivity contribution is 6.26. The maximum Gasteiger partial charge on any atom is 0.186 e. The number of rotatable bonds is 6. The molecule has 0 aliphatic heterocycles. The lowest BCUT2D eigenvalue weighted by molar-refractivity contribution is 0.0120. The number of hydrogen-bond acceptors (Lipinski definition) is 3. The van der Waals surface area contributed by atoms with E-state index in [2.05, 4.69) is 0 Å². The minimum atomic E-state index is -0.456. The van der Waals surface area contributed by atoms with E-state index in [1.807, 2.05) is 20.8 Å². The molecule has 2 N–H and O–H groups in total. The van der Waals surface area contributed by atoms with Crippen molar-refractivity contribution in [3.8, 4) is 0 Å². The van der Waals surface area contributed by atoms with Gasteiger partial charge >= 0.3 is 0 Å². The van der Waals surface area contributed by atoms with E-state index in [1.54, 1.807) is 0 Å². The third-order valence-electron chi connectivity index (χ3n) is 1.42. The first-order valence-electron chi connectivity index (χ1n) is 4.04. The van der Waals surface area contributed by atoms with E-state index >= 15 is 0 Å². The highest BCUT2D eigenvalue weighted by atomic mass is 28.2. The van der Waals surface area contributed by atoms with Crippen LogP contribution in [-0.2, 0) is 9.16 Å². The van der Waals surface area contributed by atoms with Crippen LogP contribution in [0.3, 0.4) is 0 Å². The average molecular weight is 177 g/mol. The Bertz CT molecular complexity index is 98.4. The van der Waals surface area contributed by atoms with E-state index in [4.69, 9.17) is 14.9 Å². The largest absolute Gasteiger partial charge is 0.422 e. The van der Waals surface area contributed by atoms with Crippen LogP contribution in [0.25, 0.3) is 0 Å². The molecule has 0 aliphatic carbocycles. The molecule has 11 heavy (non-hydrogen) atoms. The summed E-state index contributed by atoms with van der Waals surface area (Å²) in [6.07, 6.45) is 0.762. The average Bonchev–Trinajstić information content (AvgIpc) is 1.99. The second kappa shape index (κ2) is 5.71. The topological polar surface area (TPSA) is 44.5 Å². The van der Waals surface area contributed by atoms with Crippen molar-refractivity contribution in [2.24, 2.45) is 5.73 Å². The van der Waals surface area contributed by atoms with Crippen molar-refractivity contribution < 1.29 is 9.16 Å². The van der Waals surface area contributed by atoms with Crippen LogP contribution in [0.1, 0.15) is 20.8 Å². The van der Waals surface area contributed by atoms with Gasteiger partial charge in [0.05, 0.1) is 11.8 Å². The van der Waals surface area contributed by atoms with Gasteiger partial charge in [-0.1, -0.05) is 0 Å². The molecule has 0 amide bonds. The molecule has 0 aromatic heterocycles. The molecule has 0 spiro atoms. The molecular weight excluding hydrogens is 158 g/mol. The van der Waals surface area contributed by atoms with Gasteiger partial charge in [-0.05, 0) is 20.8 Å².